The van der Waals surface area contributed by atoms with Crippen molar-refractivity contribution >= 4 is 8.32 Å². The maximum atomic E-state index is 8.86. The molecule has 1 atom stereocenters. The zero-order valence-electron chi connectivity index (χ0n) is 10.1. The summed E-state index contributed by atoms with van der Waals surface area (Å²) in [5.41, 5.74) is 0. The van der Waals surface area contributed by atoms with E-state index in [2.05, 4.69) is 40.4 Å². The fourth-order valence-electron chi connectivity index (χ4n) is 0.907. The number of hydrogen-bond donors (Lipinski definition) is 1. The standard InChI is InChI=1S/C11H24O2Si/c1-7-10(8-9-12)13-14(5,6)11(2,3)4/h7,10,12H,1,8-9H2,2-6H3/t10-/m1/s1. The van der Waals surface area contributed by atoms with Crippen molar-refractivity contribution in [2.24, 2.45) is 0 Å². The van der Waals surface area contributed by atoms with Gasteiger partial charge in [-0.25, -0.2) is 0 Å². The highest BCUT2D eigenvalue weighted by molar-refractivity contribution is 6.74. The van der Waals surface area contributed by atoms with Crippen LogP contribution in [0.3, 0.4) is 0 Å². The zero-order chi connectivity index (χ0) is 11.4. The quantitative estimate of drug-likeness (QED) is 0.565. The number of rotatable bonds is 5. The van der Waals surface area contributed by atoms with Gasteiger partial charge in [-0.2, -0.15) is 0 Å². The largest absolute Gasteiger partial charge is 0.410 e. The van der Waals surface area contributed by atoms with Gasteiger partial charge in [0.25, 0.3) is 0 Å². The van der Waals surface area contributed by atoms with Crippen molar-refractivity contribution in [3.8, 4) is 0 Å². The van der Waals surface area contributed by atoms with Gasteiger partial charge in [0.15, 0.2) is 8.32 Å². The summed E-state index contributed by atoms with van der Waals surface area (Å²) in [6, 6.07) is 0. The normalized spacial score (nSPS) is 15.3. The van der Waals surface area contributed by atoms with Crippen LogP contribution in [0.25, 0.3) is 0 Å². The van der Waals surface area contributed by atoms with E-state index in [1.54, 1.807) is 6.08 Å². The predicted octanol–water partition coefficient (Wildman–Crippen LogP) is 2.95. The first kappa shape index (κ1) is 13.9. The van der Waals surface area contributed by atoms with Gasteiger partial charge in [0.05, 0.1) is 6.10 Å². The highest BCUT2D eigenvalue weighted by Gasteiger charge is 2.38. The van der Waals surface area contributed by atoms with Crippen molar-refractivity contribution < 1.29 is 9.53 Å². The van der Waals surface area contributed by atoms with E-state index in [9.17, 15) is 0 Å². The molecule has 0 aromatic rings. The van der Waals surface area contributed by atoms with Gasteiger partial charge in [0, 0.05) is 6.61 Å². The fraction of sp³-hybridized carbons (Fsp3) is 0.818. The summed E-state index contributed by atoms with van der Waals surface area (Å²) in [6.45, 7) is 14.9. The summed E-state index contributed by atoms with van der Waals surface area (Å²) in [4.78, 5) is 0. The van der Waals surface area contributed by atoms with Gasteiger partial charge >= 0.3 is 0 Å². The average Bonchev–Trinajstić information content (AvgIpc) is 2.01. The second-order valence-corrected chi connectivity index (χ2v) is 9.92. The van der Waals surface area contributed by atoms with Crippen molar-refractivity contribution in [2.75, 3.05) is 6.61 Å². The molecule has 0 aromatic heterocycles. The maximum absolute atomic E-state index is 8.86. The molecule has 0 unspecified atom stereocenters. The molecule has 14 heavy (non-hydrogen) atoms. The van der Waals surface area contributed by atoms with Crippen LogP contribution in [0.2, 0.25) is 18.1 Å². The van der Waals surface area contributed by atoms with Gasteiger partial charge in [0.1, 0.15) is 0 Å². The predicted molar refractivity (Wildman–Crippen MR) is 64.0 cm³/mol. The topological polar surface area (TPSA) is 29.5 Å². The minimum absolute atomic E-state index is 0.000826. The maximum Gasteiger partial charge on any atom is 0.192 e. The molecule has 2 nitrogen and oxygen atoms in total. The van der Waals surface area contributed by atoms with Crippen LogP contribution < -0.4 is 0 Å². The molecular formula is C11H24O2Si. The molecule has 0 aromatic carbocycles. The smallest absolute Gasteiger partial charge is 0.192 e. The molecule has 0 aliphatic rings. The second kappa shape index (κ2) is 5.10. The first-order chi connectivity index (χ1) is 6.24. The highest BCUT2D eigenvalue weighted by atomic mass is 28.4. The first-order valence-corrected chi connectivity index (χ1v) is 8.06. The molecule has 0 aliphatic carbocycles. The molecular weight excluding hydrogens is 192 g/mol. The van der Waals surface area contributed by atoms with Crippen LogP contribution in [0.5, 0.6) is 0 Å². The van der Waals surface area contributed by atoms with E-state index in [1.165, 1.54) is 0 Å². The van der Waals surface area contributed by atoms with Gasteiger partial charge in [-0.1, -0.05) is 26.8 Å². The minimum atomic E-state index is -1.71. The van der Waals surface area contributed by atoms with Gasteiger partial charge in [0.2, 0.25) is 0 Å². The molecule has 0 bridgehead atoms. The van der Waals surface area contributed by atoms with E-state index in [0.29, 0.717) is 6.42 Å². The Morgan fingerprint density at radius 3 is 2.21 bits per heavy atom. The lowest BCUT2D eigenvalue weighted by Gasteiger charge is -2.38. The Hall–Kier alpha value is -0.123. The molecule has 0 fully saturated rings. The SMILES string of the molecule is C=C[C@H](CCO)O[Si](C)(C)C(C)(C)C. The van der Waals surface area contributed by atoms with Crippen LogP contribution in [0.1, 0.15) is 27.2 Å². The van der Waals surface area contributed by atoms with E-state index < -0.39 is 8.32 Å². The number of aliphatic hydroxyl groups is 1. The molecule has 0 aliphatic heterocycles. The molecule has 0 heterocycles. The average molecular weight is 216 g/mol. The monoisotopic (exact) mass is 216 g/mol. The van der Waals surface area contributed by atoms with Crippen LogP contribution in [-0.2, 0) is 4.43 Å². The lowest BCUT2D eigenvalue weighted by molar-refractivity contribution is 0.174. The second-order valence-electron chi connectivity index (χ2n) is 5.16. The van der Waals surface area contributed by atoms with E-state index >= 15 is 0 Å². The first-order valence-electron chi connectivity index (χ1n) is 5.16. The van der Waals surface area contributed by atoms with Crippen LogP contribution in [0.15, 0.2) is 12.7 Å². The van der Waals surface area contributed by atoms with E-state index in [0.717, 1.165) is 0 Å². The zero-order valence-corrected chi connectivity index (χ0v) is 11.1. The van der Waals surface area contributed by atoms with Gasteiger partial charge in [-0.3, -0.25) is 0 Å². The lowest BCUT2D eigenvalue weighted by atomic mass is 10.2. The van der Waals surface area contributed by atoms with E-state index in [4.69, 9.17) is 9.53 Å². The van der Waals surface area contributed by atoms with E-state index in [-0.39, 0.29) is 17.7 Å². The summed E-state index contributed by atoms with van der Waals surface area (Å²) in [5.74, 6) is 0. The Kier molecular flexibility index (Phi) is 5.05. The molecule has 0 spiro atoms. The summed E-state index contributed by atoms with van der Waals surface area (Å²) in [7, 11) is -1.71. The molecule has 0 saturated carbocycles. The van der Waals surface area contributed by atoms with E-state index in [1.807, 2.05) is 0 Å². The molecule has 0 saturated heterocycles. The Morgan fingerprint density at radius 2 is 1.93 bits per heavy atom. The van der Waals surface area contributed by atoms with Crippen molar-refractivity contribution in [3.63, 3.8) is 0 Å². The molecule has 1 N–H and O–H groups in total. The van der Waals surface area contributed by atoms with Crippen LogP contribution in [-0.4, -0.2) is 26.1 Å². The van der Waals surface area contributed by atoms with Crippen molar-refractivity contribution in [3.05, 3.63) is 12.7 Å². The third-order valence-electron chi connectivity index (χ3n) is 2.93. The molecule has 3 heteroatoms. The Morgan fingerprint density at radius 1 is 1.43 bits per heavy atom. The van der Waals surface area contributed by atoms with Gasteiger partial charge < -0.3 is 9.53 Å². The third kappa shape index (κ3) is 3.94. The highest BCUT2D eigenvalue weighted by Crippen LogP contribution is 2.37. The third-order valence-corrected chi connectivity index (χ3v) is 7.43. The van der Waals surface area contributed by atoms with Crippen LogP contribution >= 0.6 is 0 Å². The molecule has 0 radical (unpaired) electrons. The van der Waals surface area contributed by atoms with Crippen molar-refractivity contribution in [1.82, 2.24) is 0 Å². The Bertz CT molecular complexity index is 182. The Labute approximate surface area is 89.1 Å². The molecule has 0 rings (SSSR count). The molecule has 84 valence electrons. The fourth-order valence-corrected chi connectivity index (χ4v) is 2.23. The minimum Gasteiger partial charge on any atom is -0.410 e. The van der Waals surface area contributed by atoms with Gasteiger partial charge in [-0.05, 0) is 24.6 Å². The number of hydrogen-bond acceptors (Lipinski definition) is 2. The summed E-state index contributed by atoms with van der Waals surface area (Å²) >= 11 is 0. The van der Waals surface area contributed by atoms with Gasteiger partial charge in [-0.15, -0.1) is 6.58 Å². The lowest BCUT2D eigenvalue weighted by Crippen LogP contribution is -2.43. The van der Waals surface area contributed by atoms with Crippen molar-refractivity contribution in [2.45, 2.75) is 51.4 Å². The summed E-state index contributed by atoms with van der Waals surface area (Å²) < 4.78 is 6.05. The summed E-state index contributed by atoms with van der Waals surface area (Å²) in [5, 5.41) is 9.07. The van der Waals surface area contributed by atoms with Crippen LogP contribution in [0.4, 0.5) is 0 Å². The molecule has 0 amide bonds. The number of aliphatic hydroxyl groups excluding tert-OH is 1. The van der Waals surface area contributed by atoms with Crippen molar-refractivity contribution in [1.29, 1.82) is 0 Å². The van der Waals surface area contributed by atoms with Crippen LogP contribution in [0, 0.1) is 0 Å². The Balaban J connectivity index is 4.39. The summed E-state index contributed by atoms with van der Waals surface area (Å²) in [6.07, 6.45) is 2.44.